The fraction of sp³-hybridized carbons (Fsp3) is 0.611. The molecule has 2 aliphatic heterocycles. The molecule has 126 valence electrons. The second-order valence-corrected chi connectivity index (χ2v) is 6.40. The highest BCUT2D eigenvalue weighted by atomic mass is 16.5. The highest BCUT2D eigenvalue weighted by Crippen LogP contribution is 2.21. The topological polar surface area (TPSA) is 42.0 Å². The number of hydrogen-bond acceptors (Lipinski definition) is 4. The molecule has 0 spiro atoms. The van der Waals surface area contributed by atoms with Crippen LogP contribution in [-0.4, -0.2) is 62.2 Å². The summed E-state index contributed by atoms with van der Waals surface area (Å²) in [6.45, 7) is 5.92. The van der Waals surface area contributed by atoms with Crippen molar-refractivity contribution in [2.75, 3.05) is 46.5 Å². The van der Waals surface area contributed by atoms with Gasteiger partial charge in [0.2, 0.25) is 5.91 Å². The zero-order valence-electron chi connectivity index (χ0n) is 13.9. The number of methoxy groups -OCH3 is 1. The number of nitrogens with zero attached hydrogens (tertiary/aromatic N) is 2. The van der Waals surface area contributed by atoms with Crippen molar-refractivity contribution in [2.24, 2.45) is 5.92 Å². The van der Waals surface area contributed by atoms with Crippen LogP contribution in [0.25, 0.3) is 0 Å². The van der Waals surface area contributed by atoms with Crippen LogP contribution in [0.1, 0.15) is 18.4 Å². The van der Waals surface area contributed by atoms with E-state index in [0.29, 0.717) is 12.3 Å². The third-order valence-electron chi connectivity index (χ3n) is 4.80. The lowest BCUT2D eigenvalue weighted by molar-refractivity contribution is -0.134. The Morgan fingerprint density at radius 2 is 2.04 bits per heavy atom. The summed E-state index contributed by atoms with van der Waals surface area (Å²) in [5, 5.41) is 0. The molecule has 3 rings (SSSR count). The molecule has 0 radical (unpaired) electrons. The number of rotatable bonds is 5. The van der Waals surface area contributed by atoms with Crippen LogP contribution in [0.2, 0.25) is 0 Å². The second-order valence-electron chi connectivity index (χ2n) is 6.40. The van der Waals surface area contributed by atoms with Gasteiger partial charge in [0.15, 0.2) is 0 Å². The van der Waals surface area contributed by atoms with Crippen molar-refractivity contribution in [3.05, 3.63) is 29.8 Å². The summed E-state index contributed by atoms with van der Waals surface area (Å²) >= 11 is 0. The molecular formula is C18H26N2O3. The Morgan fingerprint density at radius 1 is 1.26 bits per heavy atom. The molecule has 2 saturated heterocycles. The van der Waals surface area contributed by atoms with Crippen LogP contribution in [0.3, 0.4) is 0 Å². The molecule has 5 heteroatoms. The normalized spacial score (nSPS) is 22.3. The number of carbonyl (C=O) groups is 1. The first-order valence-corrected chi connectivity index (χ1v) is 8.46. The SMILES string of the molecule is COc1ccccc1CN1CCN(C(=O)C[C@@H]2CCOC2)CC1. The molecular weight excluding hydrogens is 292 g/mol. The summed E-state index contributed by atoms with van der Waals surface area (Å²) in [7, 11) is 1.71. The quantitative estimate of drug-likeness (QED) is 0.830. The van der Waals surface area contributed by atoms with Crippen LogP contribution in [-0.2, 0) is 16.1 Å². The first-order valence-electron chi connectivity index (χ1n) is 8.46. The molecule has 1 aromatic carbocycles. The molecule has 1 amide bonds. The van der Waals surface area contributed by atoms with Crippen molar-refractivity contribution < 1.29 is 14.3 Å². The molecule has 23 heavy (non-hydrogen) atoms. The zero-order valence-corrected chi connectivity index (χ0v) is 13.9. The maximum Gasteiger partial charge on any atom is 0.223 e. The van der Waals surface area contributed by atoms with Crippen molar-refractivity contribution in [3.63, 3.8) is 0 Å². The van der Waals surface area contributed by atoms with E-state index in [2.05, 4.69) is 11.0 Å². The van der Waals surface area contributed by atoms with E-state index in [9.17, 15) is 4.79 Å². The smallest absolute Gasteiger partial charge is 0.223 e. The summed E-state index contributed by atoms with van der Waals surface area (Å²) in [6.07, 6.45) is 1.67. The third-order valence-corrected chi connectivity index (χ3v) is 4.80. The van der Waals surface area contributed by atoms with Crippen molar-refractivity contribution in [3.8, 4) is 5.75 Å². The van der Waals surface area contributed by atoms with E-state index in [1.54, 1.807) is 7.11 Å². The number of benzene rings is 1. The number of hydrogen-bond donors (Lipinski definition) is 0. The summed E-state index contributed by atoms with van der Waals surface area (Å²) in [4.78, 5) is 16.8. The van der Waals surface area contributed by atoms with Crippen molar-refractivity contribution in [1.82, 2.24) is 9.80 Å². The van der Waals surface area contributed by atoms with Gasteiger partial charge in [-0.25, -0.2) is 0 Å². The molecule has 0 unspecified atom stereocenters. The molecule has 2 aliphatic rings. The standard InChI is InChI=1S/C18H26N2O3/c1-22-17-5-3-2-4-16(17)13-19-7-9-20(10-8-19)18(21)12-15-6-11-23-14-15/h2-5,15H,6-14H2,1H3/t15-/m0/s1. The largest absolute Gasteiger partial charge is 0.496 e. The molecule has 0 bridgehead atoms. The van der Waals surface area contributed by atoms with Gasteiger partial charge in [0.1, 0.15) is 5.75 Å². The first-order chi connectivity index (χ1) is 11.3. The Hall–Kier alpha value is -1.59. The Bertz CT molecular complexity index is 521. The van der Waals surface area contributed by atoms with Gasteiger partial charge in [0, 0.05) is 57.9 Å². The highest BCUT2D eigenvalue weighted by molar-refractivity contribution is 5.76. The summed E-state index contributed by atoms with van der Waals surface area (Å²) in [5.41, 5.74) is 1.21. The van der Waals surface area contributed by atoms with Crippen molar-refractivity contribution in [2.45, 2.75) is 19.4 Å². The Balaban J connectivity index is 1.47. The number of amides is 1. The molecule has 1 aromatic rings. The van der Waals surface area contributed by atoms with Crippen molar-refractivity contribution in [1.29, 1.82) is 0 Å². The van der Waals surface area contributed by atoms with Gasteiger partial charge in [-0.3, -0.25) is 9.69 Å². The van der Waals surface area contributed by atoms with E-state index < -0.39 is 0 Å². The minimum atomic E-state index is 0.289. The summed E-state index contributed by atoms with van der Waals surface area (Å²) in [5.74, 6) is 1.65. The van der Waals surface area contributed by atoms with Crippen LogP contribution in [0.4, 0.5) is 0 Å². The van der Waals surface area contributed by atoms with E-state index in [-0.39, 0.29) is 5.91 Å². The van der Waals surface area contributed by atoms with E-state index >= 15 is 0 Å². The molecule has 5 nitrogen and oxygen atoms in total. The zero-order chi connectivity index (χ0) is 16.1. The molecule has 1 atom stereocenters. The Labute approximate surface area is 138 Å². The van der Waals surface area contributed by atoms with E-state index in [4.69, 9.17) is 9.47 Å². The average Bonchev–Trinajstić information content (AvgIpc) is 3.09. The van der Waals surface area contributed by atoms with Gasteiger partial charge >= 0.3 is 0 Å². The fourth-order valence-corrected chi connectivity index (χ4v) is 3.35. The highest BCUT2D eigenvalue weighted by Gasteiger charge is 2.25. The van der Waals surface area contributed by atoms with Crippen LogP contribution in [0.5, 0.6) is 5.75 Å². The fourth-order valence-electron chi connectivity index (χ4n) is 3.35. The average molecular weight is 318 g/mol. The maximum atomic E-state index is 12.4. The van der Waals surface area contributed by atoms with Gasteiger partial charge in [-0.2, -0.15) is 0 Å². The maximum absolute atomic E-state index is 12.4. The lowest BCUT2D eigenvalue weighted by Gasteiger charge is -2.35. The minimum Gasteiger partial charge on any atom is -0.496 e. The third kappa shape index (κ3) is 4.24. The Morgan fingerprint density at radius 3 is 2.74 bits per heavy atom. The molecule has 0 saturated carbocycles. The lowest BCUT2D eigenvalue weighted by Crippen LogP contribution is -2.48. The Kier molecular flexibility index (Phi) is 5.51. The molecule has 0 N–H and O–H groups in total. The lowest BCUT2D eigenvalue weighted by atomic mass is 10.0. The molecule has 2 fully saturated rings. The number of ether oxygens (including phenoxy) is 2. The monoisotopic (exact) mass is 318 g/mol. The minimum absolute atomic E-state index is 0.289. The van der Waals surface area contributed by atoms with Gasteiger partial charge in [-0.05, 0) is 18.4 Å². The van der Waals surface area contributed by atoms with Gasteiger partial charge in [-0.1, -0.05) is 18.2 Å². The van der Waals surface area contributed by atoms with Gasteiger partial charge in [0.25, 0.3) is 0 Å². The van der Waals surface area contributed by atoms with E-state index in [1.807, 2.05) is 23.1 Å². The van der Waals surface area contributed by atoms with Crippen LogP contribution in [0, 0.1) is 5.92 Å². The van der Waals surface area contributed by atoms with E-state index in [0.717, 1.165) is 58.1 Å². The second kappa shape index (κ2) is 7.79. The number of carbonyl (C=O) groups excluding carboxylic acids is 1. The predicted octanol–water partition coefficient (Wildman–Crippen LogP) is 1.77. The van der Waals surface area contributed by atoms with Gasteiger partial charge in [-0.15, -0.1) is 0 Å². The number of para-hydroxylation sites is 1. The van der Waals surface area contributed by atoms with Gasteiger partial charge < -0.3 is 14.4 Å². The van der Waals surface area contributed by atoms with Crippen LogP contribution in [0.15, 0.2) is 24.3 Å². The van der Waals surface area contributed by atoms with Crippen molar-refractivity contribution >= 4 is 5.91 Å². The van der Waals surface area contributed by atoms with Crippen LogP contribution < -0.4 is 4.74 Å². The molecule has 0 aromatic heterocycles. The van der Waals surface area contributed by atoms with E-state index in [1.165, 1.54) is 5.56 Å². The predicted molar refractivity (Wildman–Crippen MR) is 88.4 cm³/mol. The molecule has 2 heterocycles. The number of piperazine rings is 1. The summed E-state index contributed by atoms with van der Waals surface area (Å²) < 4.78 is 10.8. The van der Waals surface area contributed by atoms with Gasteiger partial charge in [0.05, 0.1) is 7.11 Å². The molecule has 0 aliphatic carbocycles. The van der Waals surface area contributed by atoms with Crippen LogP contribution >= 0.6 is 0 Å². The first kappa shape index (κ1) is 16.3. The summed E-state index contributed by atoms with van der Waals surface area (Å²) in [6, 6.07) is 8.14.